The standard InChI is InChI=1S/C11H21NO4/c1-7(2)12(8(3)9(13)14)10(15)16-11(4,5)6/h7-8H,1-6H3,(H,13,14)/t8-/m0/s1. The van der Waals surface area contributed by atoms with E-state index < -0.39 is 23.7 Å². The van der Waals surface area contributed by atoms with Crippen LogP contribution in [0.15, 0.2) is 0 Å². The molecule has 0 rings (SSSR count). The van der Waals surface area contributed by atoms with Crippen LogP contribution in [0.2, 0.25) is 0 Å². The van der Waals surface area contributed by atoms with Gasteiger partial charge in [0.2, 0.25) is 0 Å². The topological polar surface area (TPSA) is 66.8 Å². The third kappa shape index (κ3) is 4.51. The molecule has 0 aromatic heterocycles. The van der Waals surface area contributed by atoms with E-state index in [1.165, 1.54) is 11.8 Å². The molecule has 0 heterocycles. The largest absolute Gasteiger partial charge is 0.480 e. The summed E-state index contributed by atoms with van der Waals surface area (Å²) in [5.74, 6) is -1.04. The molecule has 0 spiro atoms. The van der Waals surface area contributed by atoms with Crippen LogP contribution in [-0.4, -0.2) is 39.8 Å². The van der Waals surface area contributed by atoms with E-state index >= 15 is 0 Å². The average Bonchev–Trinajstić information content (AvgIpc) is 1.99. The maximum absolute atomic E-state index is 11.8. The first-order valence-corrected chi connectivity index (χ1v) is 5.30. The number of aliphatic carboxylic acids is 1. The molecule has 1 N–H and O–H groups in total. The summed E-state index contributed by atoms with van der Waals surface area (Å²) in [5.41, 5.74) is -0.623. The molecule has 0 aliphatic carbocycles. The minimum absolute atomic E-state index is 0.221. The van der Waals surface area contributed by atoms with Crippen molar-refractivity contribution in [2.24, 2.45) is 0 Å². The molecular weight excluding hydrogens is 210 g/mol. The number of carboxylic acids is 1. The Morgan fingerprint density at radius 1 is 1.19 bits per heavy atom. The smallest absolute Gasteiger partial charge is 0.411 e. The van der Waals surface area contributed by atoms with Crippen LogP contribution in [0, 0.1) is 0 Å². The van der Waals surface area contributed by atoms with Crippen LogP contribution in [0.4, 0.5) is 4.79 Å². The lowest BCUT2D eigenvalue weighted by Gasteiger charge is -2.32. The normalized spacial score (nSPS) is 13.4. The number of carbonyl (C=O) groups excluding carboxylic acids is 1. The van der Waals surface area contributed by atoms with Crippen LogP contribution < -0.4 is 0 Å². The number of hydrogen-bond acceptors (Lipinski definition) is 3. The molecular formula is C11H21NO4. The van der Waals surface area contributed by atoms with Crippen molar-refractivity contribution in [2.45, 2.75) is 59.2 Å². The zero-order valence-electron chi connectivity index (χ0n) is 10.8. The lowest BCUT2D eigenvalue weighted by Crippen LogP contribution is -2.49. The third-order valence-corrected chi connectivity index (χ3v) is 1.94. The Labute approximate surface area is 96.4 Å². The van der Waals surface area contributed by atoms with Crippen molar-refractivity contribution in [3.05, 3.63) is 0 Å². The fraction of sp³-hybridized carbons (Fsp3) is 0.818. The van der Waals surface area contributed by atoms with Gasteiger partial charge in [0.15, 0.2) is 0 Å². The number of rotatable bonds is 3. The molecule has 0 unspecified atom stereocenters. The summed E-state index contributed by atoms with van der Waals surface area (Å²) >= 11 is 0. The van der Waals surface area contributed by atoms with Crippen LogP contribution in [0.1, 0.15) is 41.5 Å². The SMILES string of the molecule is CC(C)N(C(=O)OC(C)(C)C)[C@@H](C)C(=O)O. The summed E-state index contributed by atoms with van der Waals surface area (Å²) in [6.45, 7) is 10.2. The molecule has 0 aromatic rings. The predicted molar refractivity (Wildman–Crippen MR) is 60.3 cm³/mol. The molecule has 5 heteroatoms. The highest BCUT2D eigenvalue weighted by Gasteiger charge is 2.31. The number of amides is 1. The monoisotopic (exact) mass is 231 g/mol. The van der Waals surface area contributed by atoms with Crippen molar-refractivity contribution in [3.63, 3.8) is 0 Å². The van der Waals surface area contributed by atoms with E-state index in [2.05, 4.69) is 0 Å². The Bertz CT molecular complexity index is 268. The summed E-state index contributed by atoms with van der Waals surface area (Å²) in [6.07, 6.45) is -0.600. The van der Waals surface area contributed by atoms with Crippen molar-refractivity contribution in [1.29, 1.82) is 0 Å². The molecule has 1 amide bonds. The van der Waals surface area contributed by atoms with Crippen molar-refractivity contribution in [1.82, 2.24) is 4.90 Å². The molecule has 16 heavy (non-hydrogen) atoms. The number of hydrogen-bond donors (Lipinski definition) is 1. The van der Waals surface area contributed by atoms with E-state index in [-0.39, 0.29) is 6.04 Å². The molecule has 0 aliphatic rings. The van der Waals surface area contributed by atoms with E-state index in [0.29, 0.717) is 0 Å². The Morgan fingerprint density at radius 2 is 1.62 bits per heavy atom. The number of carbonyl (C=O) groups is 2. The summed E-state index contributed by atoms with van der Waals surface area (Å²) < 4.78 is 5.16. The van der Waals surface area contributed by atoms with E-state index in [1.807, 2.05) is 0 Å². The number of ether oxygens (including phenoxy) is 1. The van der Waals surface area contributed by atoms with E-state index in [0.717, 1.165) is 0 Å². The van der Waals surface area contributed by atoms with Crippen LogP contribution in [0.25, 0.3) is 0 Å². The van der Waals surface area contributed by atoms with Crippen LogP contribution in [-0.2, 0) is 9.53 Å². The summed E-state index contributed by atoms with van der Waals surface area (Å²) in [7, 11) is 0. The van der Waals surface area contributed by atoms with Gasteiger partial charge in [0.1, 0.15) is 11.6 Å². The fourth-order valence-electron chi connectivity index (χ4n) is 1.25. The number of carboxylic acid groups (broad SMARTS) is 1. The van der Waals surface area contributed by atoms with Crippen molar-refractivity contribution >= 4 is 12.1 Å². The molecule has 0 aromatic carbocycles. The highest BCUT2D eigenvalue weighted by molar-refractivity contribution is 5.80. The first kappa shape index (κ1) is 14.7. The molecule has 0 bridgehead atoms. The van der Waals surface area contributed by atoms with Gasteiger partial charge in [-0.1, -0.05) is 0 Å². The van der Waals surface area contributed by atoms with Crippen LogP contribution in [0.3, 0.4) is 0 Å². The van der Waals surface area contributed by atoms with Gasteiger partial charge in [0, 0.05) is 6.04 Å². The molecule has 0 saturated heterocycles. The summed E-state index contributed by atoms with van der Waals surface area (Å²) in [5, 5.41) is 8.90. The Morgan fingerprint density at radius 3 is 1.88 bits per heavy atom. The number of nitrogens with zero attached hydrogens (tertiary/aromatic N) is 1. The summed E-state index contributed by atoms with van der Waals surface area (Å²) in [4.78, 5) is 23.9. The van der Waals surface area contributed by atoms with Gasteiger partial charge in [-0.05, 0) is 41.5 Å². The Kier molecular flexibility index (Phi) is 4.78. The first-order chi connectivity index (χ1) is 7.06. The predicted octanol–water partition coefficient (Wildman–Crippen LogP) is 2.10. The van der Waals surface area contributed by atoms with Crippen molar-refractivity contribution in [2.75, 3.05) is 0 Å². The summed E-state index contributed by atoms with van der Waals surface area (Å²) in [6, 6.07) is -1.12. The Hall–Kier alpha value is -1.26. The van der Waals surface area contributed by atoms with Gasteiger partial charge in [-0.25, -0.2) is 9.59 Å². The van der Waals surface area contributed by atoms with Gasteiger partial charge < -0.3 is 9.84 Å². The molecule has 0 fully saturated rings. The first-order valence-electron chi connectivity index (χ1n) is 5.30. The van der Waals surface area contributed by atoms with E-state index in [1.54, 1.807) is 34.6 Å². The maximum Gasteiger partial charge on any atom is 0.411 e. The highest BCUT2D eigenvalue weighted by atomic mass is 16.6. The molecule has 94 valence electrons. The van der Waals surface area contributed by atoms with Gasteiger partial charge in [-0.15, -0.1) is 0 Å². The van der Waals surface area contributed by atoms with E-state index in [4.69, 9.17) is 9.84 Å². The van der Waals surface area contributed by atoms with Gasteiger partial charge >= 0.3 is 12.1 Å². The molecule has 1 atom stereocenters. The second-order valence-electron chi connectivity index (χ2n) is 5.00. The lowest BCUT2D eigenvalue weighted by atomic mass is 10.2. The van der Waals surface area contributed by atoms with E-state index in [9.17, 15) is 9.59 Å². The molecule has 5 nitrogen and oxygen atoms in total. The molecule has 0 aliphatic heterocycles. The van der Waals surface area contributed by atoms with Crippen LogP contribution in [0.5, 0.6) is 0 Å². The maximum atomic E-state index is 11.8. The van der Waals surface area contributed by atoms with Crippen LogP contribution >= 0.6 is 0 Å². The average molecular weight is 231 g/mol. The van der Waals surface area contributed by atoms with Gasteiger partial charge in [0.25, 0.3) is 0 Å². The van der Waals surface area contributed by atoms with Crippen molar-refractivity contribution < 1.29 is 19.4 Å². The molecule has 0 saturated carbocycles. The van der Waals surface area contributed by atoms with Gasteiger partial charge in [-0.3, -0.25) is 4.90 Å². The van der Waals surface area contributed by atoms with Gasteiger partial charge in [-0.2, -0.15) is 0 Å². The highest BCUT2D eigenvalue weighted by Crippen LogP contribution is 2.14. The minimum Gasteiger partial charge on any atom is -0.480 e. The van der Waals surface area contributed by atoms with Crippen molar-refractivity contribution in [3.8, 4) is 0 Å². The third-order valence-electron chi connectivity index (χ3n) is 1.94. The van der Waals surface area contributed by atoms with Gasteiger partial charge in [0.05, 0.1) is 0 Å². The molecule has 0 radical (unpaired) electrons. The Balaban J connectivity index is 4.80. The second-order valence-corrected chi connectivity index (χ2v) is 5.00. The fourth-order valence-corrected chi connectivity index (χ4v) is 1.25. The second kappa shape index (κ2) is 5.18. The minimum atomic E-state index is -1.04. The lowest BCUT2D eigenvalue weighted by molar-refractivity contribution is -0.143. The zero-order valence-corrected chi connectivity index (χ0v) is 10.8. The zero-order chi connectivity index (χ0) is 13.1. The quantitative estimate of drug-likeness (QED) is 0.807.